The Bertz CT molecular complexity index is 250. The van der Waals surface area contributed by atoms with Crippen molar-refractivity contribution in [3.8, 4) is 0 Å². The maximum atomic E-state index is 13.0. The van der Waals surface area contributed by atoms with Crippen LogP contribution >= 0.6 is 0 Å². The number of halogens is 1. The summed E-state index contributed by atoms with van der Waals surface area (Å²) in [7, 11) is 0. The Labute approximate surface area is 64.7 Å². The molecule has 1 N–H and O–H groups in total. The molecule has 0 unspecified atom stereocenters. The number of aliphatic hydroxyl groups is 1. The molecule has 3 heteroatoms. The lowest BCUT2D eigenvalue weighted by molar-refractivity contribution is 0.296. The van der Waals surface area contributed by atoms with Crippen molar-refractivity contribution < 1.29 is 9.50 Å². The monoisotopic (exact) mass is 155 g/mol. The number of hydrogen-bond donors (Lipinski definition) is 1. The molecule has 0 fully saturated rings. The van der Waals surface area contributed by atoms with Crippen molar-refractivity contribution >= 4 is 0 Å². The molecule has 0 atom stereocenters. The molecular formula is C8H10FNO. The van der Waals surface area contributed by atoms with E-state index in [1.165, 1.54) is 0 Å². The summed E-state index contributed by atoms with van der Waals surface area (Å²) in [5, 5.41) is 8.53. The van der Waals surface area contributed by atoms with Crippen molar-refractivity contribution in [3.05, 3.63) is 29.3 Å². The van der Waals surface area contributed by atoms with Gasteiger partial charge in [-0.25, -0.2) is 4.39 Å². The van der Waals surface area contributed by atoms with E-state index in [2.05, 4.69) is 4.98 Å². The first-order valence-corrected chi connectivity index (χ1v) is 3.46. The van der Waals surface area contributed by atoms with E-state index in [4.69, 9.17) is 5.11 Å². The van der Waals surface area contributed by atoms with E-state index in [-0.39, 0.29) is 18.8 Å². The van der Waals surface area contributed by atoms with E-state index >= 15 is 0 Å². The molecule has 0 aliphatic rings. The maximum absolute atomic E-state index is 13.0. The lowest BCUT2D eigenvalue weighted by Crippen LogP contribution is -1.99. The highest BCUT2D eigenvalue weighted by atomic mass is 19.1. The van der Waals surface area contributed by atoms with Crippen LogP contribution in [0.1, 0.15) is 11.3 Å². The van der Waals surface area contributed by atoms with Gasteiger partial charge in [-0.3, -0.25) is 4.98 Å². The molecule has 1 aromatic rings. The smallest absolute Gasteiger partial charge is 0.147 e. The Morgan fingerprint density at radius 2 is 2.36 bits per heavy atom. The van der Waals surface area contributed by atoms with Gasteiger partial charge >= 0.3 is 0 Å². The maximum Gasteiger partial charge on any atom is 0.147 e. The largest absolute Gasteiger partial charge is 0.396 e. The van der Waals surface area contributed by atoms with Crippen molar-refractivity contribution in [2.45, 2.75) is 13.3 Å². The first-order chi connectivity index (χ1) is 5.25. The van der Waals surface area contributed by atoms with Crippen LogP contribution in [0.4, 0.5) is 4.39 Å². The van der Waals surface area contributed by atoms with Crippen LogP contribution in [-0.2, 0) is 6.42 Å². The second-order valence-corrected chi connectivity index (χ2v) is 2.36. The quantitative estimate of drug-likeness (QED) is 0.692. The summed E-state index contributed by atoms with van der Waals surface area (Å²) < 4.78 is 13.0. The minimum absolute atomic E-state index is 0.0621. The third-order valence-electron chi connectivity index (χ3n) is 1.50. The molecule has 0 saturated heterocycles. The van der Waals surface area contributed by atoms with Crippen LogP contribution < -0.4 is 0 Å². The van der Waals surface area contributed by atoms with E-state index in [0.717, 1.165) is 0 Å². The molecule has 1 rings (SSSR count). The number of pyridine rings is 1. The van der Waals surface area contributed by atoms with Gasteiger partial charge in [-0.1, -0.05) is 0 Å². The predicted molar refractivity (Wildman–Crippen MR) is 39.7 cm³/mol. The minimum Gasteiger partial charge on any atom is -0.396 e. The zero-order valence-electron chi connectivity index (χ0n) is 6.34. The zero-order valence-corrected chi connectivity index (χ0v) is 6.34. The summed E-state index contributed by atoms with van der Waals surface area (Å²) in [6.07, 6.45) is 1.83. The Balaban J connectivity index is 2.96. The van der Waals surface area contributed by atoms with Gasteiger partial charge in [0.15, 0.2) is 0 Å². The van der Waals surface area contributed by atoms with Crippen LogP contribution in [0.25, 0.3) is 0 Å². The van der Waals surface area contributed by atoms with Gasteiger partial charge in [0.2, 0.25) is 0 Å². The fourth-order valence-electron chi connectivity index (χ4n) is 0.877. The number of aromatic nitrogens is 1. The highest BCUT2D eigenvalue weighted by molar-refractivity contribution is 5.17. The fourth-order valence-corrected chi connectivity index (χ4v) is 0.877. The van der Waals surface area contributed by atoms with Gasteiger partial charge in [0, 0.05) is 19.2 Å². The standard InChI is InChI=1S/C8H10FNO/c1-6-2-4-10-7(3-5-11)8(6)9/h2,4,11H,3,5H2,1H3. The van der Waals surface area contributed by atoms with Crippen LogP contribution in [-0.4, -0.2) is 16.7 Å². The zero-order chi connectivity index (χ0) is 8.27. The van der Waals surface area contributed by atoms with Crippen LogP contribution in [0, 0.1) is 12.7 Å². The highest BCUT2D eigenvalue weighted by Gasteiger charge is 2.04. The summed E-state index contributed by atoms with van der Waals surface area (Å²) in [6.45, 7) is 1.62. The Morgan fingerprint density at radius 1 is 1.64 bits per heavy atom. The fraction of sp³-hybridized carbons (Fsp3) is 0.375. The molecule has 2 nitrogen and oxygen atoms in total. The molecule has 0 saturated carbocycles. The SMILES string of the molecule is Cc1ccnc(CCO)c1F. The average molecular weight is 155 g/mol. The van der Waals surface area contributed by atoms with Gasteiger partial charge in [0.05, 0.1) is 5.69 Å². The Kier molecular flexibility index (Phi) is 2.54. The van der Waals surface area contributed by atoms with Crippen molar-refractivity contribution in [3.63, 3.8) is 0 Å². The van der Waals surface area contributed by atoms with E-state index in [0.29, 0.717) is 11.3 Å². The highest BCUT2D eigenvalue weighted by Crippen LogP contribution is 2.08. The Hall–Kier alpha value is -0.960. The van der Waals surface area contributed by atoms with Gasteiger partial charge in [-0.05, 0) is 18.6 Å². The molecule has 0 spiro atoms. The predicted octanol–water partition coefficient (Wildman–Crippen LogP) is 1.06. The third-order valence-corrected chi connectivity index (χ3v) is 1.50. The van der Waals surface area contributed by atoms with Crippen molar-refractivity contribution in [1.82, 2.24) is 4.98 Å². The van der Waals surface area contributed by atoms with E-state index in [1.807, 2.05) is 0 Å². The van der Waals surface area contributed by atoms with Gasteiger partial charge in [-0.15, -0.1) is 0 Å². The topological polar surface area (TPSA) is 33.1 Å². The number of rotatable bonds is 2. The van der Waals surface area contributed by atoms with Crippen molar-refractivity contribution in [1.29, 1.82) is 0 Å². The second-order valence-electron chi connectivity index (χ2n) is 2.36. The molecule has 0 aliphatic heterocycles. The number of aliphatic hydroxyl groups excluding tert-OH is 1. The van der Waals surface area contributed by atoms with Gasteiger partial charge in [0.25, 0.3) is 0 Å². The van der Waals surface area contributed by atoms with E-state index in [9.17, 15) is 4.39 Å². The van der Waals surface area contributed by atoms with Crippen LogP contribution in [0.3, 0.4) is 0 Å². The summed E-state index contributed by atoms with van der Waals surface area (Å²) in [4.78, 5) is 3.79. The van der Waals surface area contributed by atoms with Crippen LogP contribution in [0.5, 0.6) is 0 Å². The number of hydrogen-bond acceptors (Lipinski definition) is 2. The number of aryl methyl sites for hydroxylation is 1. The van der Waals surface area contributed by atoms with E-state index in [1.54, 1.807) is 19.2 Å². The summed E-state index contributed by atoms with van der Waals surface area (Å²) in [5.74, 6) is -0.304. The molecule has 0 amide bonds. The average Bonchev–Trinajstić information content (AvgIpc) is 1.99. The molecule has 0 bridgehead atoms. The molecule has 0 radical (unpaired) electrons. The molecule has 0 aliphatic carbocycles. The normalized spacial score (nSPS) is 10.1. The van der Waals surface area contributed by atoms with Crippen molar-refractivity contribution in [2.24, 2.45) is 0 Å². The number of nitrogens with zero attached hydrogens (tertiary/aromatic N) is 1. The molecule has 1 heterocycles. The van der Waals surface area contributed by atoms with Crippen LogP contribution in [0.15, 0.2) is 12.3 Å². The summed E-state index contributed by atoms with van der Waals surface area (Å²) >= 11 is 0. The second kappa shape index (κ2) is 3.44. The van der Waals surface area contributed by atoms with Crippen molar-refractivity contribution in [2.75, 3.05) is 6.61 Å². The third kappa shape index (κ3) is 1.74. The minimum atomic E-state index is -0.304. The molecule has 1 aromatic heterocycles. The lowest BCUT2D eigenvalue weighted by atomic mass is 10.2. The first-order valence-electron chi connectivity index (χ1n) is 3.46. The first kappa shape index (κ1) is 8.14. The van der Waals surface area contributed by atoms with Gasteiger partial charge in [0.1, 0.15) is 5.82 Å². The molecule has 11 heavy (non-hydrogen) atoms. The van der Waals surface area contributed by atoms with Gasteiger partial charge in [-0.2, -0.15) is 0 Å². The van der Waals surface area contributed by atoms with Gasteiger partial charge < -0.3 is 5.11 Å². The Morgan fingerprint density at radius 3 is 3.00 bits per heavy atom. The summed E-state index contributed by atoms with van der Waals surface area (Å²) in [5.41, 5.74) is 0.913. The molecular weight excluding hydrogens is 145 g/mol. The lowest BCUT2D eigenvalue weighted by Gasteiger charge is -2.00. The molecule has 0 aromatic carbocycles. The molecule has 60 valence electrons. The van der Waals surface area contributed by atoms with Crippen LogP contribution in [0.2, 0.25) is 0 Å². The van der Waals surface area contributed by atoms with E-state index < -0.39 is 0 Å². The summed E-state index contributed by atoms with van der Waals surface area (Å²) in [6, 6.07) is 1.61.